The predicted molar refractivity (Wildman–Crippen MR) is 59.1 cm³/mol. The van der Waals surface area contributed by atoms with Gasteiger partial charge in [0.2, 0.25) is 5.95 Å². The lowest BCUT2D eigenvalue weighted by atomic mass is 9.93. The molecule has 1 aliphatic carbocycles. The van der Waals surface area contributed by atoms with E-state index in [1.165, 1.54) is 0 Å². The van der Waals surface area contributed by atoms with Crippen molar-refractivity contribution in [1.82, 2.24) is 9.97 Å². The van der Waals surface area contributed by atoms with Crippen molar-refractivity contribution in [2.75, 3.05) is 5.32 Å². The Morgan fingerprint density at radius 1 is 1.38 bits per heavy atom. The highest BCUT2D eigenvalue weighted by Gasteiger charge is 2.36. The van der Waals surface area contributed by atoms with Gasteiger partial charge in [-0.15, -0.1) is 0 Å². The lowest BCUT2D eigenvalue weighted by Crippen LogP contribution is -2.38. The number of rotatable bonds is 4. The minimum Gasteiger partial charge on any atom is -0.481 e. The quantitative estimate of drug-likeness (QED) is 0.809. The number of hydrogen-bond donors (Lipinski definition) is 2. The average molecular weight is 221 g/mol. The van der Waals surface area contributed by atoms with E-state index >= 15 is 0 Å². The van der Waals surface area contributed by atoms with Crippen LogP contribution < -0.4 is 5.32 Å². The molecule has 1 saturated carbocycles. The van der Waals surface area contributed by atoms with Crippen LogP contribution >= 0.6 is 0 Å². The maximum Gasteiger partial charge on any atom is 0.305 e. The molecule has 1 aliphatic rings. The molecule has 5 nitrogen and oxygen atoms in total. The Kier molecular flexibility index (Phi) is 3.03. The zero-order valence-corrected chi connectivity index (χ0v) is 9.02. The average Bonchev–Trinajstić information content (AvgIpc) is 2.66. The van der Waals surface area contributed by atoms with Gasteiger partial charge in [-0.3, -0.25) is 4.79 Å². The molecule has 0 saturated heterocycles. The molecule has 0 atom stereocenters. The first kappa shape index (κ1) is 10.9. The van der Waals surface area contributed by atoms with Crippen LogP contribution in [0.4, 0.5) is 5.95 Å². The Morgan fingerprint density at radius 3 is 2.56 bits per heavy atom. The summed E-state index contributed by atoms with van der Waals surface area (Å²) >= 11 is 0. The molecule has 1 aromatic rings. The minimum absolute atomic E-state index is 0.130. The van der Waals surface area contributed by atoms with Crippen LogP contribution in [0.2, 0.25) is 0 Å². The molecule has 0 spiro atoms. The summed E-state index contributed by atoms with van der Waals surface area (Å²) in [4.78, 5) is 19.0. The van der Waals surface area contributed by atoms with Crippen LogP contribution in [-0.4, -0.2) is 26.6 Å². The van der Waals surface area contributed by atoms with Gasteiger partial charge >= 0.3 is 5.97 Å². The van der Waals surface area contributed by atoms with Gasteiger partial charge in [-0.1, -0.05) is 12.8 Å². The van der Waals surface area contributed by atoms with E-state index in [4.69, 9.17) is 5.11 Å². The first-order valence-electron chi connectivity index (χ1n) is 5.47. The van der Waals surface area contributed by atoms with Crippen LogP contribution in [0.1, 0.15) is 32.1 Å². The highest BCUT2D eigenvalue weighted by Crippen LogP contribution is 2.34. The van der Waals surface area contributed by atoms with Gasteiger partial charge in [0, 0.05) is 12.4 Å². The van der Waals surface area contributed by atoms with Crippen molar-refractivity contribution in [3.05, 3.63) is 18.5 Å². The maximum atomic E-state index is 10.9. The fraction of sp³-hybridized carbons (Fsp3) is 0.545. The van der Waals surface area contributed by atoms with E-state index in [2.05, 4.69) is 15.3 Å². The van der Waals surface area contributed by atoms with E-state index in [0.717, 1.165) is 25.7 Å². The highest BCUT2D eigenvalue weighted by molar-refractivity contribution is 5.69. The van der Waals surface area contributed by atoms with E-state index in [1.54, 1.807) is 18.5 Å². The van der Waals surface area contributed by atoms with Gasteiger partial charge in [-0.25, -0.2) is 9.97 Å². The number of aliphatic carboxylic acids is 1. The van der Waals surface area contributed by atoms with Crippen LogP contribution in [0, 0.1) is 0 Å². The summed E-state index contributed by atoms with van der Waals surface area (Å²) in [6.45, 7) is 0. The predicted octanol–water partition coefficient (Wildman–Crippen LogP) is 1.68. The highest BCUT2D eigenvalue weighted by atomic mass is 16.4. The van der Waals surface area contributed by atoms with Crippen molar-refractivity contribution >= 4 is 11.9 Å². The van der Waals surface area contributed by atoms with E-state index in [-0.39, 0.29) is 12.0 Å². The molecule has 0 radical (unpaired) electrons. The Bertz CT molecular complexity index is 361. The van der Waals surface area contributed by atoms with Crippen molar-refractivity contribution < 1.29 is 9.90 Å². The summed E-state index contributed by atoms with van der Waals surface area (Å²) in [7, 11) is 0. The fourth-order valence-corrected chi connectivity index (χ4v) is 2.29. The van der Waals surface area contributed by atoms with Gasteiger partial charge in [0.15, 0.2) is 0 Å². The number of anilines is 1. The number of hydrogen-bond acceptors (Lipinski definition) is 4. The van der Waals surface area contributed by atoms with E-state index in [9.17, 15) is 4.79 Å². The third kappa shape index (κ3) is 2.48. The van der Waals surface area contributed by atoms with Crippen LogP contribution in [0.3, 0.4) is 0 Å². The van der Waals surface area contributed by atoms with E-state index in [0.29, 0.717) is 5.95 Å². The molecule has 1 heterocycles. The normalized spacial score (nSPS) is 18.2. The second kappa shape index (κ2) is 4.47. The Hall–Kier alpha value is -1.65. The Balaban J connectivity index is 2.11. The van der Waals surface area contributed by atoms with Crippen molar-refractivity contribution in [3.8, 4) is 0 Å². The lowest BCUT2D eigenvalue weighted by Gasteiger charge is -2.28. The summed E-state index contributed by atoms with van der Waals surface area (Å²) in [5.41, 5.74) is -0.354. The van der Waals surface area contributed by atoms with Gasteiger partial charge < -0.3 is 10.4 Å². The number of aromatic nitrogens is 2. The van der Waals surface area contributed by atoms with Gasteiger partial charge in [0.1, 0.15) is 0 Å². The molecule has 0 aromatic carbocycles. The topological polar surface area (TPSA) is 75.1 Å². The van der Waals surface area contributed by atoms with Crippen LogP contribution in [0.5, 0.6) is 0 Å². The van der Waals surface area contributed by atoms with Crippen molar-refractivity contribution in [2.45, 2.75) is 37.6 Å². The largest absolute Gasteiger partial charge is 0.481 e. The maximum absolute atomic E-state index is 10.9. The van der Waals surface area contributed by atoms with Crippen molar-refractivity contribution in [1.29, 1.82) is 0 Å². The molecular weight excluding hydrogens is 206 g/mol. The van der Waals surface area contributed by atoms with Crippen molar-refractivity contribution in [3.63, 3.8) is 0 Å². The Labute approximate surface area is 93.9 Å². The van der Waals surface area contributed by atoms with E-state index in [1.807, 2.05) is 0 Å². The van der Waals surface area contributed by atoms with Crippen LogP contribution in [0.25, 0.3) is 0 Å². The first-order chi connectivity index (χ1) is 7.70. The first-order valence-corrected chi connectivity index (χ1v) is 5.47. The third-order valence-corrected chi connectivity index (χ3v) is 2.99. The van der Waals surface area contributed by atoms with Gasteiger partial charge in [0.05, 0.1) is 12.0 Å². The summed E-state index contributed by atoms with van der Waals surface area (Å²) in [5.74, 6) is -0.254. The second-order valence-electron chi connectivity index (χ2n) is 4.26. The molecule has 2 N–H and O–H groups in total. The molecule has 86 valence electrons. The molecule has 0 bridgehead atoms. The number of nitrogens with one attached hydrogen (secondary N) is 1. The molecule has 5 heteroatoms. The lowest BCUT2D eigenvalue weighted by molar-refractivity contribution is -0.138. The van der Waals surface area contributed by atoms with Crippen LogP contribution in [-0.2, 0) is 4.79 Å². The monoisotopic (exact) mass is 221 g/mol. The van der Waals surface area contributed by atoms with Gasteiger partial charge in [-0.2, -0.15) is 0 Å². The Morgan fingerprint density at radius 2 is 2.00 bits per heavy atom. The molecule has 1 aromatic heterocycles. The summed E-state index contributed by atoms with van der Waals surface area (Å²) in [5, 5.41) is 12.1. The fourth-order valence-electron chi connectivity index (χ4n) is 2.29. The molecule has 0 aliphatic heterocycles. The van der Waals surface area contributed by atoms with Gasteiger partial charge in [0.25, 0.3) is 0 Å². The molecule has 1 fully saturated rings. The molecule has 0 unspecified atom stereocenters. The van der Waals surface area contributed by atoms with Crippen LogP contribution in [0.15, 0.2) is 18.5 Å². The second-order valence-corrected chi connectivity index (χ2v) is 4.26. The minimum atomic E-state index is -0.773. The number of carboxylic acids is 1. The molecule has 16 heavy (non-hydrogen) atoms. The smallest absolute Gasteiger partial charge is 0.305 e. The molecule has 2 rings (SSSR count). The van der Waals surface area contributed by atoms with Crippen molar-refractivity contribution in [2.24, 2.45) is 0 Å². The number of carbonyl (C=O) groups is 1. The zero-order chi connectivity index (χ0) is 11.4. The zero-order valence-electron chi connectivity index (χ0n) is 9.02. The summed E-state index contributed by atoms with van der Waals surface area (Å²) in [6, 6.07) is 1.74. The number of nitrogens with zero attached hydrogens (tertiary/aromatic N) is 2. The van der Waals surface area contributed by atoms with E-state index < -0.39 is 5.97 Å². The standard InChI is InChI=1S/C11H15N3O2/c15-9(16)8-11(4-1-2-5-11)14-10-12-6-3-7-13-10/h3,6-7H,1-2,4-5,8H2,(H,15,16)(H,12,13,14). The van der Waals surface area contributed by atoms with Gasteiger partial charge in [-0.05, 0) is 18.9 Å². The summed E-state index contributed by atoms with van der Waals surface area (Å²) < 4.78 is 0. The number of carboxylic acid groups (broad SMARTS) is 1. The molecule has 0 amide bonds. The molecular formula is C11H15N3O2. The third-order valence-electron chi connectivity index (χ3n) is 2.99. The SMILES string of the molecule is O=C(O)CC1(Nc2ncccn2)CCCC1. The summed E-state index contributed by atoms with van der Waals surface area (Å²) in [6.07, 6.45) is 7.30.